The highest BCUT2D eigenvalue weighted by Crippen LogP contribution is 2.36. The third-order valence-electron chi connectivity index (χ3n) is 3.52. The predicted molar refractivity (Wildman–Crippen MR) is 68.4 cm³/mol. The van der Waals surface area contributed by atoms with Gasteiger partial charge < -0.3 is 15.2 Å². The Morgan fingerprint density at radius 2 is 2.29 bits per heavy atom. The second-order valence-corrected chi connectivity index (χ2v) is 4.69. The van der Waals surface area contributed by atoms with Crippen LogP contribution in [0.5, 0.6) is 5.75 Å². The quantitative estimate of drug-likeness (QED) is 0.836. The number of likely N-dealkylation sites (N-methyl/N-ethyl adjacent to an activating group) is 1. The SMILES string of the molecule is CCNCC1(O)CCCc2cc(OC)ccc21. The zero-order valence-corrected chi connectivity index (χ0v) is 10.6. The van der Waals surface area contributed by atoms with Crippen molar-refractivity contribution in [1.82, 2.24) is 5.32 Å². The minimum absolute atomic E-state index is 0.628. The lowest BCUT2D eigenvalue weighted by molar-refractivity contribution is 0.0197. The fourth-order valence-electron chi connectivity index (χ4n) is 2.58. The molecule has 0 spiro atoms. The van der Waals surface area contributed by atoms with Crippen LogP contribution in [0.25, 0.3) is 0 Å². The van der Waals surface area contributed by atoms with Crippen LogP contribution in [0, 0.1) is 0 Å². The van der Waals surface area contributed by atoms with E-state index in [9.17, 15) is 5.11 Å². The van der Waals surface area contributed by atoms with Crippen molar-refractivity contribution < 1.29 is 9.84 Å². The van der Waals surface area contributed by atoms with Crippen LogP contribution in [0.15, 0.2) is 18.2 Å². The molecule has 0 aliphatic heterocycles. The molecule has 1 unspecified atom stereocenters. The number of benzene rings is 1. The van der Waals surface area contributed by atoms with Gasteiger partial charge in [0.05, 0.1) is 7.11 Å². The summed E-state index contributed by atoms with van der Waals surface area (Å²) in [5, 5.41) is 14.0. The van der Waals surface area contributed by atoms with Crippen molar-refractivity contribution in [2.75, 3.05) is 20.2 Å². The van der Waals surface area contributed by atoms with Crippen molar-refractivity contribution in [2.45, 2.75) is 31.8 Å². The average Bonchev–Trinajstić information content (AvgIpc) is 2.36. The molecule has 3 heteroatoms. The van der Waals surface area contributed by atoms with Crippen LogP contribution in [-0.2, 0) is 12.0 Å². The Morgan fingerprint density at radius 1 is 1.47 bits per heavy atom. The molecule has 2 N–H and O–H groups in total. The lowest BCUT2D eigenvalue weighted by Crippen LogP contribution is -2.40. The standard InChI is InChI=1S/C14H21NO2/c1-3-15-10-14(16)8-4-5-11-9-12(17-2)6-7-13(11)14/h6-7,9,15-16H,3-5,8,10H2,1-2H3. The first-order valence-corrected chi connectivity index (χ1v) is 6.30. The van der Waals surface area contributed by atoms with Gasteiger partial charge in [-0.3, -0.25) is 0 Å². The summed E-state index contributed by atoms with van der Waals surface area (Å²) in [6.45, 7) is 3.57. The number of hydrogen-bond donors (Lipinski definition) is 2. The fourth-order valence-corrected chi connectivity index (χ4v) is 2.58. The van der Waals surface area contributed by atoms with Crippen LogP contribution in [0.4, 0.5) is 0 Å². The van der Waals surface area contributed by atoms with E-state index in [1.807, 2.05) is 18.2 Å². The van der Waals surface area contributed by atoms with Crippen molar-refractivity contribution >= 4 is 0 Å². The third-order valence-corrected chi connectivity index (χ3v) is 3.52. The summed E-state index contributed by atoms with van der Waals surface area (Å²) in [5.41, 5.74) is 1.57. The first-order chi connectivity index (χ1) is 8.19. The fraction of sp³-hybridized carbons (Fsp3) is 0.571. The van der Waals surface area contributed by atoms with Crippen molar-refractivity contribution in [1.29, 1.82) is 0 Å². The van der Waals surface area contributed by atoms with Crippen LogP contribution >= 0.6 is 0 Å². The number of rotatable bonds is 4. The van der Waals surface area contributed by atoms with Crippen LogP contribution in [-0.4, -0.2) is 25.3 Å². The molecule has 1 atom stereocenters. The summed E-state index contributed by atoms with van der Waals surface area (Å²) < 4.78 is 5.23. The third kappa shape index (κ3) is 2.45. The van der Waals surface area contributed by atoms with E-state index in [0.29, 0.717) is 6.54 Å². The van der Waals surface area contributed by atoms with Gasteiger partial charge in [0.2, 0.25) is 0 Å². The molecule has 0 fully saturated rings. The first-order valence-electron chi connectivity index (χ1n) is 6.30. The van der Waals surface area contributed by atoms with E-state index in [-0.39, 0.29) is 0 Å². The van der Waals surface area contributed by atoms with Gasteiger partial charge in [-0.2, -0.15) is 0 Å². The predicted octanol–water partition coefficient (Wildman–Crippen LogP) is 1.83. The van der Waals surface area contributed by atoms with Gasteiger partial charge in [0, 0.05) is 6.54 Å². The average molecular weight is 235 g/mol. The molecular weight excluding hydrogens is 214 g/mol. The molecule has 94 valence electrons. The largest absolute Gasteiger partial charge is 0.497 e. The maximum Gasteiger partial charge on any atom is 0.119 e. The zero-order valence-electron chi connectivity index (χ0n) is 10.6. The van der Waals surface area contributed by atoms with E-state index in [2.05, 4.69) is 12.2 Å². The van der Waals surface area contributed by atoms with Crippen molar-refractivity contribution in [3.05, 3.63) is 29.3 Å². The number of methoxy groups -OCH3 is 1. The number of aliphatic hydroxyl groups is 1. The second kappa shape index (κ2) is 5.07. The molecule has 1 aromatic carbocycles. The molecule has 0 saturated carbocycles. The maximum absolute atomic E-state index is 10.7. The Hall–Kier alpha value is -1.06. The Morgan fingerprint density at radius 3 is 3.00 bits per heavy atom. The minimum atomic E-state index is -0.712. The molecular formula is C14H21NO2. The molecule has 17 heavy (non-hydrogen) atoms. The summed E-state index contributed by atoms with van der Waals surface area (Å²) >= 11 is 0. The molecule has 0 radical (unpaired) electrons. The summed E-state index contributed by atoms with van der Waals surface area (Å²) in [6, 6.07) is 5.98. The maximum atomic E-state index is 10.7. The van der Waals surface area contributed by atoms with Crippen LogP contribution in [0.2, 0.25) is 0 Å². The molecule has 3 nitrogen and oxygen atoms in total. The summed E-state index contributed by atoms with van der Waals surface area (Å²) in [5.74, 6) is 0.872. The van der Waals surface area contributed by atoms with Gasteiger partial charge in [0.25, 0.3) is 0 Å². The van der Waals surface area contributed by atoms with Crippen molar-refractivity contribution in [2.24, 2.45) is 0 Å². The van der Waals surface area contributed by atoms with Gasteiger partial charge in [0.1, 0.15) is 11.4 Å². The molecule has 0 saturated heterocycles. The Labute approximate surface area is 103 Å². The van der Waals surface area contributed by atoms with Gasteiger partial charge in [-0.15, -0.1) is 0 Å². The topological polar surface area (TPSA) is 41.5 Å². The van der Waals surface area contributed by atoms with E-state index in [1.54, 1.807) is 7.11 Å². The van der Waals surface area contributed by atoms with E-state index < -0.39 is 5.60 Å². The summed E-state index contributed by atoms with van der Waals surface area (Å²) in [4.78, 5) is 0. The van der Waals surface area contributed by atoms with E-state index >= 15 is 0 Å². The van der Waals surface area contributed by atoms with Crippen LogP contribution in [0.1, 0.15) is 30.9 Å². The van der Waals surface area contributed by atoms with E-state index in [1.165, 1.54) is 5.56 Å². The molecule has 2 rings (SSSR count). The molecule has 0 aromatic heterocycles. The molecule has 1 aliphatic carbocycles. The molecule has 1 aromatic rings. The minimum Gasteiger partial charge on any atom is -0.497 e. The molecule has 0 amide bonds. The van der Waals surface area contributed by atoms with Crippen molar-refractivity contribution in [3.8, 4) is 5.75 Å². The first kappa shape index (κ1) is 12.4. The Balaban J connectivity index is 2.30. The smallest absolute Gasteiger partial charge is 0.119 e. The number of fused-ring (bicyclic) bond motifs is 1. The summed E-state index contributed by atoms with van der Waals surface area (Å²) in [6.07, 6.45) is 2.89. The van der Waals surface area contributed by atoms with Crippen LogP contribution in [0.3, 0.4) is 0 Å². The second-order valence-electron chi connectivity index (χ2n) is 4.69. The normalized spacial score (nSPS) is 23.2. The zero-order chi connectivity index (χ0) is 12.3. The lowest BCUT2D eigenvalue weighted by Gasteiger charge is -2.35. The highest BCUT2D eigenvalue weighted by Gasteiger charge is 2.33. The highest BCUT2D eigenvalue weighted by atomic mass is 16.5. The lowest BCUT2D eigenvalue weighted by atomic mass is 9.79. The monoisotopic (exact) mass is 235 g/mol. The number of ether oxygens (including phenoxy) is 1. The molecule has 1 aliphatic rings. The van der Waals surface area contributed by atoms with Gasteiger partial charge in [0.15, 0.2) is 0 Å². The number of aryl methyl sites for hydroxylation is 1. The van der Waals surface area contributed by atoms with Gasteiger partial charge in [-0.05, 0) is 49.1 Å². The number of nitrogens with one attached hydrogen (secondary N) is 1. The molecule has 0 heterocycles. The van der Waals surface area contributed by atoms with Gasteiger partial charge in [-0.25, -0.2) is 0 Å². The van der Waals surface area contributed by atoms with Crippen LogP contribution < -0.4 is 10.1 Å². The van der Waals surface area contributed by atoms with Crippen molar-refractivity contribution in [3.63, 3.8) is 0 Å². The Bertz CT molecular complexity index is 392. The summed E-state index contributed by atoms with van der Waals surface area (Å²) in [7, 11) is 1.68. The Kier molecular flexibility index (Phi) is 3.69. The van der Waals surface area contributed by atoms with Gasteiger partial charge in [-0.1, -0.05) is 13.0 Å². The van der Waals surface area contributed by atoms with E-state index in [4.69, 9.17) is 4.74 Å². The van der Waals surface area contributed by atoms with Gasteiger partial charge >= 0.3 is 0 Å². The molecule has 0 bridgehead atoms. The number of hydrogen-bond acceptors (Lipinski definition) is 3. The highest BCUT2D eigenvalue weighted by molar-refractivity contribution is 5.41. The van der Waals surface area contributed by atoms with E-state index in [0.717, 1.165) is 37.1 Å².